The van der Waals surface area contributed by atoms with E-state index in [-0.39, 0.29) is 54.6 Å². The summed E-state index contributed by atoms with van der Waals surface area (Å²) in [5.41, 5.74) is 5.33. The Morgan fingerprint density at radius 2 is 1.29 bits per heavy atom. The Bertz CT molecular complexity index is 1040. The summed E-state index contributed by atoms with van der Waals surface area (Å²) in [5, 5.41) is 0. The van der Waals surface area contributed by atoms with Crippen molar-refractivity contribution < 1.29 is 47.6 Å². The van der Waals surface area contributed by atoms with E-state index in [2.05, 4.69) is 0 Å². The van der Waals surface area contributed by atoms with Crippen LogP contribution in [0.25, 0.3) is 0 Å². The second-order valence-electron chi connectivity index (χ2n) is 11.4. The third kappa shape index (κ3) is 11.6. The molecule has 0 aromatic heterocycles. The lowest BCUT2D eigenvalue weighted by Crippen LogP contribution is -2.51. The predicted molar refractivity (Wildman–Crippen MR) is 151 cm³/mol. The maximum atomic E-state index is 12.7. The zero-order valence-electron chi connectivity index (χ0n) is 26.0. The van der Waals surface area contributed by atoms with Gasteiger partial charge in [0.2, 0.25) is 0 Å². The van der Waals surface area contributed by atoms with Gasteiger partial charge in [0.05, 0.1) is 19.6 Å². The van der Waals surface area contributed by atoms with E-state index >= 15 is 0 Å². The minimum atomic E-state index is -1.58. The number of ether oxygens (including phenoxy) is 6. The first kappa shape index (κ1) is 35.7. The van der Waals surface area contributed by atoms with Crippen LogP contribution in [0.15, 0.2) is 18.2 Å². The van der Waals surface area contributed by atoms with Gasteiger partial charge in [-0.05, 0) is 49.3 Å². The van der Waals surface area contributed by atoms with Crippen molar-refractivity contribution in [1.82, 2.24) is 0 Å². The van der Waals surface area contributed by atoms with Gasteiger partial charge < -0.3 is 34.2 Å². The van der Waals surface area contributed by atoms with Crippen molar-refractivity contribution in [3.8, 4) is 11.5 Å². The predicted octanol–water partition coefficient (Wildman–Crippen LogP) is 5.44. The van der Waals surface area contributed by atoms with Crippen molar-refractivity contribution in [1.29, 1.82) is 0 Å². The molecule has 11 heteroatoms. The Morgan fingerprint density at radius 3 is 1.76 bits per heavy atom. The second kappa shape index (κ2) is 16.2. The van der Waals surface area contributed by atoms with Crippen LogP contribution in [0.1, 0.15) is 74.3 Å². The van der Waals surface area contributed by atoms with Crippen LogP contribution in [-0.4, -0.2) is 55.7 Å². The first-order valence-corrected chi connectivity index (χ1v) is 13.9. The van der Waals surface area contributed by atoms with Crippen molar-refractivity contribution in [3.63, 3.8) is 0 Å². The van der Waals surface area contributed by atoms with Gasteiger partial charge in [0.25, 0.3) is 0 Å². The van der Waals surface area contributed by atoms with E-state index in [9.17, 15) is 19.2 Å². The fourth-order valence-corrected chi connectivity index (χ4v) is 3.20. The molecule has 0 fully saturated rings. The zero-order chi connectivity index (χ0) is 31.5. The Labute approximate surface area is 243 Å². The average molecular weight is 582 g/mol. The third-order valence-corrected chi connectivity index (χ3v) is 7.11. The lowest BCUT2D eigenvalue weighted by atomic mass is 9.88. The smallest absolute Gasteiger partial charge is 0.468 e. The minimum Gasteiger partial charge on any atom is -0.468 e. The fourth-order valence-electron chi connectivity index (χ4n) is 3.20. The molecule has 0 radical (unpaired) electrons. The maximum Gasteiger partial charge on any atom is 0.514 e. The molecule has 3 unspecified atom stereocenters. The molecule has 232 valence electrons. The lowest BCUT2D eigenvalue weighted by molar-refractivity contribution is -0.153. The number of hydrogen-bond donors (Lipinski definition) is 1. The molecule has 0 amide bonds. The van der Waals surface area contributed by atoms with Gasteiger partial charge in [0.1, 0.15) is 17.7 Å². The van der Waals surface area contributed by atoms with Crippen molar-refractivity contribution in [3.05, 3.63) is 23.8 Å². The van der Waals surface area contributed by atoms with Crippen LogP contribution in [0.5, 0.6) is 11.5 Å². The number of benzene rings is 1. The topological polar surface area (TPSA) is 150 Å². The summed E-state index contributed by atoms with van der Waals surface area (Å²) < 4.78 is 31.6. The molecule has 0 aliphatic heterocycles. The van der Waals surface area contributed by atoms with Gasteiger partial charge in [-0.2, -0.15) is 0 Å². The van der Waals surface area contributed by atoms with E-state index in [0.29, 0.717) is 5.56 Å². The van der Waals surface area contributed by atoms with Gasteiger partial charge in [-0.25, -0.2) is 9.59 Å². The first-order chi connectivity index (χ1) is 19.0. The van der Waals surface area contributed by atoms with Crippen LogP contribution in [0.4, 0.5) is 9.59 Å². The molecule has 2 N–H and O–H groups in total. The van der Waals surface area contributed by atoms with Crippen LogP contribution in [0, 0.1) is 23.7 Å². The molecule has 0 heterocycles. The fraction of sp³-hybridized carbons (Fsp3) is 0.667. The molecule has 1 rings (SSSR count). The van der Waals surface area contributed by atoms with Crippen molar-refractivity contribution >= 4 is 24.2 Å². The monoisotopic (exact) mass is 581 g/mol. The molecule has 4 atom stereocenters. The molecule has 1 aromatic carbocycles. The number of rotatable bonds is 14. The second-order valence-corrected chi connectivity index (χ2v) is 11.4. The van der Waals surface area contributed by atoms with Gasteiger partial charge in [-0.15, -0.1) is 0 Å². The largest absolute Gasteiger partial charge is 0.514 e. The normalized spacial score (nSPS) is 15.0. The molecular weight excluding hydrogens is 534 g/mol. The van der Waals surface area contributed by atoms with E-state index in [0.717, 1.165) is 0 Å². The number of carbonyl (C=O) groups is 4. The SMILES string of the molecule is COC(=O)C(N)(CCOC(=O)[C@@H](C)C(C)C)Cc1ccc(OC(=O)OC(C)C(C)C)c(OC(=O)OC(C)C(C)C)c1. The van der Waals surface area contributed by atoms with Gasteiger partial charge in [0, 0.05) is 12.8 Å². The molecule has 11 nitrogen and oxygen atoms in total. The summed E-state index contributed by atoms with van der Waals surface area (Å²) in [6.07, 6.45) is -2.94. The van der Waals surface area contributed by atoms with Gasteiger partial charge in [0.15, 0.2) is 11.5 Å². The number of hydrogen-bond acceptors (Lipinski definition) is 11. The first-order valence-electron chi connectivity index (χ1n) is 13.9. The summed E-state index contributed by atoms with van der Waals surface area (Å²) in [6, 6.07) is 4.36. The van der Waals surface area contributed by atoms with Crippen LogP contribution >= 0.6 is 0 Å². The summed E-state index contributed by atoms with van der Waals surface area (Å²) in [5.74, 6) is -1.48. The standard InChI is InChI=1S/C30H47NO10/c1-17(2)20(7)26(32)37-14-13-30(31,27(33)36-10)16-23-11-12-24(40-28(34)38-21(8)18(3)4)25(15-23)41-29(35)39-22(9)19(5)6/h11-12,15,17-22H,13-14,16,31H2,1-10H3/t20-,21?,22?,30?/m0/s1. The minimum absolute atomic E-state index is 0.0297. The van der Waals surface area contributed by atoms with Crippen molar-refractivity contribution in [2.24, 2.45) is 29.4 Å². The quantitative estimate of drug-likeness (QED) is 0.170. The Morgan fingerprint density at radius 1 is 0.780 bits per heavy atom. The Kier molecular flexibility index (Phi) is 14.1. The van der Waals surface area contributed by atoms with Gasteiger partial charge in [-0.1, -0.05) is 54.5 Å². The highest BCUT2D eigenvalue weighted by atomic mass is 16.8. The zero-order valence-corrected chi connectivity index (χ0v) is 26.0. The molecule has 0 spiro atoms. The van der Waals surface area contributed by atoms with E-state index < -0.39 is 42.0 Å². The molecular formula is C30H47NO10. The van der Waals surface area contributed by atoms with E-state index in [1.54, 1.807) is 26.8 Å². The molecule has 1 aromatic rings. The maximum absolute atomic E-state index is 12.7. The van der Waals surface area contributed by atoms with Crippen LogP contribution in [0.3, 0.4) is 0 Å². The molecule has 0 saturated heterocycles. The van der Waals surface area contributed by atoms with E-state index in [4.69, 9.17) is 34.2 Å². The van der Waals surface area contributed by atoms with Crippen molar-refractivity contribution in [2.75, 3.05) is 13.7 Å². The molecule has 41 heavy (non-hydrogen) atoms. The van der Waals surface area contributed by atoms with Gasteiger partial charge in [-0.3, -0.25) is 9.59 Å². The third-order valence-electron chi connectivity index (χ3n) is 7.11. The van der Waals surface area contributed by atoms with Crippen LogP contribution in [-0.2, 0) is 35.0 Å². The summed E-state index contributed by atoms with van der Waals surface area (Å²) in [7, 11) is 1.21. The Hall–Kier alpha value is -3.34. The van der Waals surface area contributed by atoms with Crippen molar-refractivity contribution in [2.45, 2.75) is 92.9 Å². The number of methoxy groups -OCH3 is 1. The Balaban J connectivity index is 3.24. The lowest BCUT2D eigenvalue weighted by Gasteiger charge is -2.27. The van der Waals surface area contributed by atoms with E-state index in [1.165, 1.54) is 19.2 Å². The summed E-state index contributed by atoms with van der Waals surface area (Å²) >= 11 is 0. The number of carbonyl (C=O) groups excluding carboxylic acids is 4. The highest BCUT2D eigenvalue weighted by Crippen LogP contribution is 2.32. The summed E-state index contributed by atoms with van der Waals surface area (Å²) in [4.78, 5) is 49.9. The van der Waals surface area contributed by atoms with Gasteiger partial charge >= 0.3 is 24.2 Å². The molecule has 0 aliphatic carbocycles. The van der Waals surface area contributed by atoms with Crippen LogP contribution in [0.2, 0.25) is 0 Å². The summed E-state index contributed by atoms with van der Waals surface area (Å²) in [6.45, 7) is 16.5. The van der Waals surface area contributed by atoms with E-state index in [1.807, 2.05) is 41.5 Å². The molecule has 0 saturated carbocycles. The molecule has 0 bridgehead atoms. The number of esters is 2. The van der Waals surface area contributed by atoms with Crippen LogP contribution < -0.4 is 15.2 Å². The highest BCUT2D eigenvalue weighted by Gasteiger charge is 2.36. The highest BCUT2D eigenvalue weighted by molar-refractivity contribution is 5.81. The molecule has 0 aliphatic rings. The number of nitrogens with two attached hydrogens (primary N) is 1. The average Bonchev–Trinajstić information content (AvgIpc) is 2.88.